The van der Waals surface area contributed by atoms with E-state index in [0.717, 1.165) is 25.9 Å². The fourth-order valence-electron chi connectivity index (χ4n) is 2.68. The summed E-state index contributed by atoms with van der Waals surface area (Å²) in [6, 6.07) is 11.8. The van der Waals surface area contributed by atoms with E-state index in [-0.39, 0.29) is 0 Å². The van der Waals surface area contributed by atoms with Crippen molar-refractivity contribution in [2.75, 3.05) is 11.4 Å². The molecule has 9 heteroatoms. The van der Waals surface area contributed by atoms with Crippen LogP contribution in [0.25, 0.3) is 4.85 Å². The van der Waals surface area contributed by atoms with Crippen LogP contribution in [0.15, 0.2) is 56.8 Å². The second kappa shape index (κ2) is 10.3. The Morgan fingerprint density at radius 3 is 2.65 bits per heavy atom. The molecule has 0 saturated carbocycles. The number of thioether (sulfide) groups is 1. The van der Waals surface area contributed by atoms with Gasteiger partial charge in [0, 0.05) is 35.6 Å². The average molecular weight is 517 g/mol. The quantitative estimate of drug-likeness (QED) is 0.275. The molecule has 0 aliphatic rings. The molecule has 1 aromatic carbocycles. The summed E-state index contributed by atoms with van der Waals surface area (Å²) in [4.78, 5) is 26.0. The van der Waals surface area contributed by atoms with Crippen LogP contribution in [-0.2, 0) is 17.8 Å². The summed E-state index contributed by atoms with van der Waals surface area (Å²) in [6.07, 6.45) is 2.29. The minimum Gasteiger partial charge on any atom is -0.480 e. The van der Waals surface area contributed by atoms with Crippen molar-refractivity contribution < 1.29 is 9.90 Å². The highest BCUT2D eigenvalue weighted by Gasteiger charge is 2.29. The minimum atomic E-state index is -0.919. The van der Waals surface area contributed by atoms with Crippen LogP contribution >= 0.6 is 39.0 Å². The van der Waals surface area contributed by atoms with Crippen molar-refractivity contribution in [1.82, 2.24) is 9.97 Å². The zero-order valence-electron chi connectivity index (χ0n) is 17.1. The molecule has 3 aromatic rings. The number of aromatic nitrogens is 2. The van der Waals surface area contributed by atoms with Gasteiger partial charge in [0.1, 0.15) is 10.6 Å². The number of aliphatic carboxylic acids is 1. The summed E-state index contributed by atoms with van der Waals surface area (Å²) < 4.78 is 0.859. The van der Waals surface area contributed by atoms with Crippen molar-refractivity contribution in [3.8, 4) is 0 Å². The van der Waals surface area contributed by atoms with Crippen LogP contribution in [0.3, 0.4) is 0 Å². The maximum Gasteiger partial charge on any atom is 0.319 e. The normalized spacial score (nSPS) is 11.2. The molecule has 160 valence electrons. The lowest BCUT2D eigenvalue weighted by Crippen LogP contribution is -2.27. The van der Waals surface area contributed by atoms with E-state index < -0.39 is 10.7 Å². The van der Waals surface area contributed by atoms with Crippen molar-refractivity contribution in [3.05, 3.63) is 75.1 Å². The third kappa shape index (κ3) is 6.53. The smallest absolute Gasteiger partial charge is 0.319 e. The molecule has 0 aliphatic carbocycles. The maximum absolute atomic E-state index is 11.4. The van der Waals surface area contributed by atoms with Crippen LogP contribution in [0.1, 0.15) is 25.1 Å². The predicted molar refractivity (Wildman–Crippen MR) is 129 cm³/mol. The standard InChI is InChI=1S/C22H21BrN4O2S2/c1-22(2,20(28)29)31-21-26-18(14-30-21)10-11-27(13-15-4-6-16(23)7-5-15)19-9-8-17(24-3)12-25-19/h4-9,12,14H,10-11,13H2,1-2H3,(H,28,29). The first-order valence-electron chi connectivity index (χ1n) is 9.46. The van der Waals surface area contributed by atoms with Crippen molar-refractivity contribution in [1.29, 1.82) is 0 Å². The Morgan fingerprint density at radius 2 is 2.03 bits per heavy atom. The molecule has 0 fully saturated rings. The number of benzene rings is 1. The van der Waals surface area contributed by atoms with Gasteiger partial charge in [-0.1, -0.05) is 45.9 Å². The molecule has 31 heavy (non-hydrogen) atoms. The van der Waals surface area contributed by atoms with Gasteiger partial charge in [-0.05, 0) is 37.6 Å². The molecule has 3 rings (SSSR count). The SMILES string of the molecule is [C-]#[N+]c1ccc(N(CCc2csc(SC(C)(C)C(=O)O)n2)Cc2ccc(Br)cc2)nc1. The monoisotopic (exact) mass is 516 g/mol. The molecule has 2 heterocycles. The number of anilines is 1. The molecule has 1 N–H and O–H groups in total. The Bertz CT molecular complexity index is 1080. The Morgan fingerprint density at radius 1 is 1.29 bits per heavy atom. The Hall–Kier alpha value is -2.41. The number of halogens is 1. The second-order valence-electron chi connectivity index (χ2n) is 7.31. The summed E-state index contributed by atoms with van der Waals surface area (Å²) in [5, 5.41) is 11.3. The number of rotatable bonds is 9. The molecule has 0 radical (unpaired) electrons. The first-order chi connectivity index (χ1) is 14.8. The van der Waals surface area contributed by atoms with Crippen molar-refractivity contribution in [2.24, 2.45) is 0 Å². The molecule has 6 nitrogen and oxygen atoms in total. The first kappa shape index (κ1) is 23.3. The van der Waals surface area contributed by atoms with E-state index >= 15 is 0 Å². The molecule has 2 aromatic heterocycles. The summed E-state index contributed by atoms with van der Waals surface area (Å²) in [5.41, 5.74) is 2.58. The predicted octanol–water partition coefficient (Wildman–Crippen LogP) is 6.06. The van der Waals surface area contributed by atoms with E-state index in [1.807, 2.05) is 23.6 Å². The molecule has 0 amide bonds. The lowest BCUT2D eigenvalue weighted by Gasteiger charge is -2.24. The molecule has 0 aliphatic heterocycles. The van der Waals surface area contributed by atoms with E-state index in [0.29, 0.717) is 25.2 Å². The van der Waals surface area contributed by atoms with Gasteiger partial charge in [-0.15, -0.1) is 11.3 Å². The molecule has 0 atom stereocenters. The minimum absolute atomic E-state index is 0.509. The molecule has 0 saturated heterocycles. The largest absolute Gasteiger partial charge is 0.480 e. The summed E-state index contributed by atoms with van der Waals surface area (Å²) in [5.74, 6) is -0.0592. The number of hydrogen-bond donors (Lipinski definition) is 1. The number of carbonyl (C=O) groups is 1. The summed E-state index contributed by atoms with van der Waals surface area (Å²) >= 11 is 6.20. The molecular formula is C22H21BrN4O2S2. The van der Waals surface area contributed by atoms with E-state index in [4.69, 9.17) is 6.57 Å². The summed E-state index contributed by atoms with van der Waals surface area (Å²) in [6.45, 7) is 11.9. The van der Waals surface area contributed by atoms with Crippen LogP contribution in [0.5, 0.6) is 0 Å². The van der Waals surface area contributed by atoms with Gasteiger partial charge in [0.25, 0.3) is 0 Å². The highest BCUT2D eigenvalue weighted by atomic mass is 79.9. The van der Waals surface area contributed by atoms with Gasteiger partial charge in [-0.25, -0.2) is 9.83 Å². The molecule has 0 bridgehead atoms. The Balaban J connectivity index is 1.73. The van der Waals surface area contributed by atoms with Gasteiger partial charge in [0.15, 0.2) is 4.34 Å². The van der Waals surface area contributed by atoms with E-state index in [1.54, 1.807) is 26.1 Å². The fourth-order valence-corrected chi connectivity index (χ4v) is 5.17. The van der Waals surface area contributed by atoms with Crippen LogP contribution in [0.2, 0.25) is 0 Å². The Kier molecular flexibility index (Phi) is 7.70. The van der Waals surface area contributed by atoms with E-state index in [2.05, 4.69) is 47.8 Å². The lowest BCUT2D eigenvalue weighted by atomic mass is 10.2. The number of carboxylic acids is 1. The molecule has 0 unspecified atom stereocenters. The van der Waals surface area contributed by atoms with Crippen LogP contribution in [-0.4, -0.2) is 32.3 Å². The van der Waals surface area contributed by atoms with Gasteiger partial charge < -0.3 is 10.0 Å². The van der Waals surface area contributed by atoms with Crippen LogP contribution < -0.4 is 4.90 Å². The molecule has 0 spiro atoms. The number of hydrogen-bond acceptors (Lipinski definition) is 6. The number of thiazole rings is 1. The molecular weight excluding hydrogens is 496 g/mol. The van der Waals surface area contributed by atoms with Gasteiger partial charge in [-0.3, -0.25) is 9.78 Å². The zero-order chi connectivity index (χ0) is 22.4. The fraction of sp³-hybridized carbons (Fsp3) is 0.273. The van der Waals surface area contributed by atoms with Crippen molar-refractivity contribution >= 4 is 56.5 Å². The highest BCUT2D eigenvalue weighted by molar-refractivity contribution is 9.10. The lowest BCUT2D eigenvalue weighted by molar-refractivity contribution is -0.138. The van der Waals surface area contributed by atoms with Crippen molar-refractivity contribution in [2.45, 2.75) is 35.9 Å². The van der Waals surface area contributed by atoms with Gasteiger partial charge in [-0.2, -0.15) is 0 Å². The third-order valence-electron chi connectivity index (χ3n) is 4.50. The van der Waals surface area contributed by atoms with Crippen molar-refractivity contribution in [3.63, 3.8) is 0 Å². The van der Waals surface area contributed by atoms with Crippen LogP contribution in [0.4, 0.5) is 11.5 Å². The first-order valence-corrected chi connectivity index (χ1v) is 12.0. The second-order valence-corrected chi connectivity index (χ2v) is 11.0. The van der Waals surface area contributed by atoms with Crippen LogP contribution in [0, 0.1) is 6.57 Å². The van der Waals surface area contributed by atoms with Gasteiger partial charge in [0.2, 0.25) is 5.69 Å². The topological polar surface area (TPSA) is 70.7 Å². The number of carboxylic acid groups (broad SMARTS) is 1. The van der Waals surface area contributed by atoms with E-state index in [1.165, 1.54) is 23.1 Å². The third-order valence-corrected chi connectivity index (χ3v) is 7.20. The highest BCUT2D eigenvalue weighted by Crippen LogP contribution is 2.34. The maximum atomic E-state index is 11.4. The van der Waals surface area contributed by atoms with Gasteiger partial charge >= 0.3 is 5.97 Å². The summed E-state index contributed by atoms with van der Waals surface area (Å²) in [7, 11) is 0. The van der Waals surface area contributed by atoms with Gasteiger partial charge in [0.05, 0.1) is 12.3 Å². The zero-order valence-corrected chi connectivity index (χ0v) is 20.3. The van der Waals surface area contributed by atoms with E-state index in [9.17, 15) is 9.90 Å². The number of nitrogens with zero attached hydrogens (tertiary/aromatic N) is 4. The Labute approximate surface area is 198 Å². The number of pyridine rings is 1. The average Bonchev–Trinajstić information content (AvgIpc) is 3.19.